The first-order valence-electron chi connectivity index (χ1n) is 11.4. The van der Waals surface area contributed by atoms with E-state index in [1.807, 2.05) is 18.7 Å². The average molecular weight is 538 g/mol. The highest BCUT2D eigenvalue weighted by molar-refractivity contribution is 7.99. The van der Waals surface area contributed by atoms with Crippen molar-refractivity contribution in [1.82, 2.24) is 25.6 Å². The normalized spacial score (nSPS) is 11.0. The van der Waals surface area contributed by atoms with Crippen molar-refractivity contribution in [2.75, 3.05) is 96.6 Å². The van der Waals surface area contributed by atoms with Crippen LogP contribution in [-0.2, 0) is 46.4 Å². The van der Waals surface area contributed by atoms with Crippen molar-refractivity contribution in [2.45, 2.75) is 13.2 Å². The molecule has 0 fully saturated rings. The lowest BCUT2D eigenvalue weighted by Crippen LogP contribution is -2.29. The summed E-state index contributed by atoms with van der Waals surface area (Å²) in [5.74, 6) is 0.970. The van der Waals surface area contributed by atoms with Gasteiger partial charge in [0.25, 0.3) is 0 Å². The molecule has 0 saturated carbocycles. The predicted molar refractivity (Wildman–Crippen MR) is 136 cm³/mol. The van der Waals surface area contributed by atoms with Gasteiger partial charge < -0.3 is 34.3 Å². The van der Waals surface area contributed by atoms with Crippen molar-refractivity contribution >= 4 is 35.3 Å². The molecule has 0 saturated heterocycles. The van der Waals surface area contributed by atoms with Gasteiger partial charge in [0.15, 0.2) is 0 Å². The molecule has 0 radical (unpaired) electrons. The molecule has 0 unspecified atom stereocenters. The third-order valence-corrected chi connectivity index (χ3v) is 5.21. The Labute approximate surface area is 215 Å². The number of amides is 2. The van der Waals surface area contributed by atoms with Crippen LogP contribution in [0.2, 0.25) is 0 Å². The Morgan fingerprint density at radius 2 is 1.26 bits per heavy atom. The lowest BCUT2D eigenvalue weighted by molar-refractivity contribution is -0.119. The summed E-state index contributed by atoms with van der Waals surface area (Å²) in [5, 5.41) is 13.7. The number of rotatable bonds is 24. The van der Waals surface area contributed by atoms with Crippen LogP contribution in [0.3, 0.4) is 0 Å². The number of aromatic nitrogens is 3. The van der Waals surface area contributed by atoms with Crippen molar-refractivity contribution in [3.63, 3.8) is 0 Å². The first-order valence-corrected chi connectivity index (χ1v) is 14.2. The summed E-state index contributed by atoms with van der Waals surface area (Å²) in [6.07, 6.45) is 5.60. The van der Waals surface area contributed by atoms with Crippen LogP contribution in [0.1, 0.15) is 5.69 Å². The molecular weight excluding hydrogens is 498 g/mol. The maximum absolute atomic E-state index is 11.3. The first kappa shape index (κ1) is 31.6. The lowest BCUT2D eigenvalue weighted by atomic mass is 10.5. The molecule has 1 aromatic heterocycles. The Morgan fingerprint density at radius 3 is 1.80 bits per heavy atom. The Balaban J connectivity index is 1.87. The smallest absolute Gasteiger partial charge is 0.230 e. The van der Waals surface area contributed by atoms with Gasteiger partial charge in [0.2, 0.25) is 11.8 Å². The largest absolute Gasteiger partial charge is 0.377 e. The molecule has 2 amide bonds. The molecule has 202 valence electrons. The van der Waals surface area contributed by atoms with Crippen LogP contribution < -0.4 is 10.6 Å². The quantitative estimate of drug-likeness (QED) is 0.170. The molecule has 2 N–H and O–H groups in total. The molecule has 12 nitrogen and oxygen atoms in total. The highest BCUT2D eigenvalue weighted by atomic mass is 32.2. The number of nitrogens with zero attached hydrogens (tertiary/aromatic N) is 3. The van der Waals surface area contributed by atoms with E-state index in [2.05, 4.69) is 20.9 Å². The molecule has 0 spiro atoms. The van der Waals surface area contributed by atoms with Gasteiger partial charge in [0.1, 0.15) is 5.69 Å². The van der Waals surface area contributed by atoms with E-state index in [4.69, 9.17) is 23.7 Å². The van der Waals surface area contributed by atoms with Gasteiger partial charge in [0, 0.05) is 13.1 Å². The molecule has 0 atom stereocenters. The Hall–Kier alpha value is -1.42. The molecule has 14 heteroatoms. The average Bonchev–Trinajstić information content (AvgIpc) is 3.29. The fraction of sp³-hybridized carbons (Fsp3) is 0.810. The van der Waals surface area contributed by atoms with Crippen LogP contribution in [0.5, 0.6) is 0 Å². The van der Waals surface area contributed by atoms with Crippen LogP contribution in [0.15, 0.2) is 6.20 Å². The third-order valence-electron chi connectivity index (χ3n) is 4.10. The number of hydrogen-bond donors (Lipinski definition) is 2. The van der Waals surface area contributed by atoms with Crippen molar-refractivity contribution in [3.05, 3.63) is 11.9 Å². The topological polar surface area (TPSA) is 135 Å². The van der Waals surface area contributed by atoms with Crippen LogP contribution in [0.25, 0.3) is 0 Å². The molecule has 1 rings (SSSR count). The van der Waals surface area contributed by atoms with Crippen molar-refractivity contribution in [3.8, 4) is 0 Å². The number of carbonyl (C=O) groups is 2. The van der Waals surface area contributed by atoms with Gasteiger partial charge in [-0.3, -0.25) is 9.59 Å². The zero-order valence-electron chi connectivity index (χ0n) is 20.7. The van der Waals surface area contributed by atoms with Gasteiger partial charge in [-0.2, -0.15) is 23.5 Å². The van der Waals surface area contributed by atoms with E-state index in [0.717, 1.165) is 5.69 Å². The number of nitrogens with one attached hydrogen (secondary N) is 2. The molecule has 35 heavy (non-hydrogen) atoms. The zero-order chi connectivity index (χ0) is 25.4. The van der Waals surface area contributed by atoms with Gasteiger partial charge in [-0.25, -0.2) is 4.68 Å². The Morgan fingerprint density at radius 1 is 0.771 bits per heavy atom. The monoisotopic (exact) mass is 537 g/mol. The molecule has 0 bridgehead atoms. The summed E-state index contributed by atoms with van der Waals surface area (Å²) in [6.45, 7) is 6.18. The molecule has 0 aliphatic rings. The predicted octanol–water partition coefficient (Wildman–Crippen LogP) is -0.180. The highest BCUT2D eigenvalue weighted by Gasteiger charge is 2.02. The van der Waals surface area contributed by atoms with Gasteiger partial charge in [-0.05, 0) is 12.5 Å². The van der Waals surface area contributed by atoms with Gasteiger partial charge in [0.05, 0.1) is 90.3 Å². The summed E-state index contributed by atoms with van der Waals surface area (Å²) in [4.78, 5) is 22.5. The minimum absolute atomic E-state index is 0.0193. The van der Waals surface area contributed by atoms with E-state index in [0.29, 0.717) is 97.2 Å². The second-order valence-electron chi connectivity index (χ2n) is 7.04. The standard InChI is InChI=1S/C21H39N5O7S2/c1-34-17-20(27)22-3-6-29-9-11-31-8-5-26-15-19(24-25-26)16-33-14-13-32-12-10-30-7-4-23-21(28)18-35-2/h15H,3-14,16-18H2,1-2H3,(H,22,27)(H,23,28). The summed E-state index contributed by atoms with van der Waals surface area (Å²) in [5.41, 5.74) is 0.740. The van der Waals surface area contributed by atoms with Crippen molar-refractivity contribution in [2.24, 2.45) is 0 Å². The number of thioether (sulfide) groups is 2. The molecule has 0 aromatic carbocycles. The second-order valence-corrected chi connectivity index (χ2v) is 8.77. The van der Waals surface area contributed by atoms with Crippen molar-refractivity contribution < 1.29 is 33.3 Å². The minimum Gasteiger partial charge on any atom is -0.377 e. The van der Waals surface area contributed by atoms with E-state index in [9.17, 15) is 9.59 Å². The maximum atomic E-state index is 11.3. The number of hydrogen-bond acceptors (Lipinski definition) is 11. The lowest BCUT2D eigenvalue weighted by Gasteiger charge is -2.07. The van der Waals surface area contributed by atoms with Crippen molar-refractivity contribution in [1.29, 1.82) is 0 Å². The minimum atomic E-state index is 0.0193. The SMILES string of the molecule is CSCC(=O)NCCOCCOCCOCc1cn(CCOCCOCCNC(=O)CSC)nn1. The molecule has 0 aliphatic heterocycles. The maximum Gasteiger partial charge on any atom is 0.230 e. The van der Waals surface area contributed by atoms with E-state index >= 15 is 0 Å². The number of ether oxygens (including phenoxy) is 5. The van der Waals surface area contributed by atoms with Gasteiger partial charge >= 0.3 is 0 Å². The van der Waals surface area contributed by atoms with E-state index in [1.165, 1.54) is 23.5 Å². The van der Waals surface area contributed by atoms with E-state index in [1.54, 1.807) is 4.68 Å². The molecule has 1 aromatic rings. The van der Waals surface area contributed by atoms with Gasteiger partial charge in [-0.1, -0.05) is 5.21 Å². The van der Waals surface area contributed by atoms with E-state index in [-0.39, 0.29) is 11.8 Å². The summed E-state index contributed by atoms with van der Waals surface area (Å²) in [7, 11) is 0. The summed E-state index contributed by atoms with van der Waals surface area (Å²) < 4.78 is 29.0. The fourth-order valence-electron chi connectivity index (χ4n) is 2.50. The Bertz CT molecular complexity index is 670. The first-order chi connectivity index (χ1) is 17.2. The second kappa shape index (κ2) is 23.0. The fourth-order valence-corrected chi connectivity index (χ4v) is 3.23. The van der Waals surface area contributed by atoms with E-state index < -0.39 is 0 Å². The van der Waals surface area contributed by atoms with Crippen LogP contribution in [-0.4, -0.2) is 123 Å². The Kier molecular flexibility index (Phi) is 20.8. The van der Waals surface area contributed by atoms with Crippen LogP contribution in [0, 0.1) is 0 Å². The molecular formula is C21H39N5O7S2. The van der Waals surface area contributed by atoms with Crippen LogP contribution >= 0.6 is 23.5 Å². The van der Waals surface area contributed by atoms with Gasteiger partial charge in [-0.15, -0.1) is 5.10 Å². The zero-order valence-corrected chi connectivity index (χ0v) is 22.3. The summed E-state index contributed by atoms with van der Waals surface area (Å²) in [6, 6.07) is 0. The number of carbonyl (C=O) groups excluding carboxylic acids is 2. The third kappa shape index (κ3) is 19.4. The summed E-state index contributed by atoms with van der Waals surface area (Å²) >= 11 is 2.98. The molecule has 0 aliphatic carbocycles. The van der Waals surface area contributed by atoms with Crippen LogP contribution in [0.4, 0.5) is 0 Å². The highest BCUT2D eigenvalue weighted by Crippen LogP contribution is 1.97. The molecule has 1 heterocycles.